The predicted octanol–water partition coefficient (Wildman–Crippen LogP) is 17.6. The summed E-state index contributed by atoms with van der Waals surface area (Å²) in [7, 11) is 3.32. The molecule has 0 radical (unpaired) electrons. The summed E-state index contributed by atoms with van der Waals surface area (Å²) in [5, 5.41) is 52.1. The highest BCUT2D eigenvalue weighted by atomic mass is 35.5. The number of nitrogens with two attached hydrogens (primary N) is 1. The fourth-order valence-corrected chi connectivity index (χ4v) is 13.6. The number of hydrogen-bond acceptors (Lipinski definition) is 25. The maximum Gasteiger partial charge on any atom is 0.233 e. The van der Waals surface area contributed by atoms with Crippen molar-refractivity contribution in [2.45, 2.75) is 54.4 Å². The quantitative estimate of drug-likeness (QED) is 0.0165. The van der Waals surface area contributed by atoms with Crippen LogP contribution in [-0.2, 0) is 0 Å². The number of fused-ring (bicyclic) bond motifs is 5. The minimum Gasteiger partial charge on any atom is -0.507 e. The second-order valence-corrected chi connectivity index (χ2v) is 26.9. The number of halogens is 4. The summed E-state index contributed by atoms with van der Waals surface area (Å²) in [4.78, 5) is 129. The Morgan fingerprint density at radius 1 is 0.505 bits per heavy atom. The van der Waals surface area contributed by atoms with Crippen molar-refractivity contribution in [3.05, 3.63) is 276 Å². The Balaban J connectivity index is 0.000000165. The number of azo groups is 2. The van der Waals surface area contributed by atoms with Gasteiger partial charge in [-0.15, -0.1) is 20.5 Å². The van der Waals surface area contributed by atoms with E-state index in [2.05, 4.69) is 94.3 Å². The molecule has 13 rings (SSSR count). The van der Waals surface area contributed by atoms with Crippen LogP contribution in [-0.4, -0.2) is 75.5 Å². The minimum absolute atomic E-state index is 0.00337. The van der Waals surface area contributed by atoms with Crippen molar-refractivity contribution < 1.29 is 29.4 Å². The number of para-hydroxylation sites is 1. The molecule has 0 amide bonds. The fraction of sp³-hybridized carbons (Fsp3) is 0.165. The van der Waals surface area contributed by atoms with Crippen molar-refractivity contribution >= 4 is 172 Å². The second kappa shape index (κ2) is 32.9. The molecule has 0 saturated carbocycles. The van der Waals surface area contributed by atoms with Crippen molar-refractivity contribution in [3.63, 3.8) is 0 Å². The van der Waals surface area contributed by atoms with Crippen LogP contribution in [0.15, 0.2) is 149 Å². The molecule has 0 atom stereocenters. The summed E-state index contributed by atoms with van der Waals surface area (Å²) >= 11 is 25.5. The molecule has 0 spiro atoms. The summed E-state index contributed by atoms with van der Waals surface area (Å²) in [6, 6.07) is 26.8. The molecule has 28 nitrogen and oxygen atoms in total. The van der Waals surface area contributed by atoms with Gasteiger partial charge >= 0.3 is 0 Å². The number of anilines is 9. The molecule has 0 bridgehead atoms. The van der Waals surface area contributed by atoms with Gasteiger partial charge in [0.2, 0.25) is 22.5 Å². The number of aromatic hydroxyl groups is 2. The Hall–Kier alpha value is -13.6. The van der Waals surface area contributed by atoms with E-state index < -0.39 is 55.3 Å². The first-order valence-electron chi connectivity index (χ1n) is 33.8. The highest BCUT2D eigenvalue weighted by molar-refractivity contribution is 6.45. The Kier molecular flexibility index (Phi) is 23.3. The van der Waals surface area contributed by atoms with E-state index in [1.165, 1.54) is 54.6 Å². The van der Waals surface area contributed by atoms with E-state index in [0.717, 1.165) is 30.7 Å². The maximum atomic E-state index is 13.4. The lowest BCUT2D eigenvalue weighted by atomic mass is 9.82. The Labute approximate surface area is 651 Å². The van der Waals surface area contributed by atoms with Crippen LogP contribution < -0.4 is 64.9 Å². The van der Waals surface area contributed by atoms with E-state index >= 15 is 0 Å². The first kappa shape index (κ1) is 78.5. The number of unbranched alkanes of at least 4 members (excludes halogenated alkanes) is 1. The summed E-state index contributed by atoms with van der Waals surface area (Å²) < 4.78 is 0. The molecule has 111 heavy (non-hydrogen) atoms. The first-order valence-corrected chi connectivity index (χ1v) is 35.3. The topological polar surface area (TPSA) is 388 Å². The highest BCUT2D eigenvalue weighted by Crippen LogP contribution is 2.49. The van der Waals surface area contributed by atoms with Gasteiger partial charge in [-0.05, 0) is 104 Å². The summed E-state index contributed by atoms with van der Waals surface area (Å²) in [6.07, 6.45) is 1.91. The van der Waals surface area contributed by atoms with E-state index in [9.17, 15) is 48.6 Å². The van der Waals surface area contributed by atoms with Gasteiger partial charge in [-0.2, -0.15) is 0 Å². The van der Waals surface area contributed by atoms with Crippen LogP contribution in [0.5, 0.6) is 11.5 Å². The number of benzene rings is 6. The smallest absolute Gasteiger partial charge is 0.233 e. The third-order valence-corrected chi connectivity index (χ3v) is 19.0. The van der Waals surface area contributed by atoms with E-state index in [-0.39, 0.29) is 132 Å². The van der Waals surface area contributed by atoms with Crippen LogP contribution in [0.2, 0.25) is 20.1 Å². The number of nitrogens with zero attached hydrogens (tertiary/aromatic N) is 10. The standard InChI is InChI=1S/C27H18N6O4.2C26H22Cl2N6O3/c1-13-22(29-2)26(28)31-27(30-14-7-4-3-5-8-14)23(13)33-32-16-10-6-9-15-19(16)25(37)21-18(35)12-11-17(34)20(21)24(15)36;1-11(2)10-31-26-20(29-4)12(3)21(25(30-5)32-26)33-34-22-15(28)9-14(27)18-19(22)23(36)13-7-6-8-16(35)17(13)24(18)37;1-5-6-10-31-26-20(29-3)12(2)21(25(30-4)32-26)33-34-22-15(28)11-14(27)18-19(22)23(36)13-8-7-9-16(35)17(13)24(18)37/h3-12,32-33H,1H3,(H3,28,30,31);6-9,11,35H,10H2,1-3,5H3,(H2,30,31,32);7-9,11,35H,5-6,10H2,1-2,4H3,(H2,30,31,32). The number of carbonyl (C=O) groups excluding carboxylic acids is 4. The van der Waals surface area contributed by atoms with Crippen LogP contribution in [0.1, 0.15) is 114 Å². The molecular formula is C79H62Cl4N18O10. The SMILES string of the molecule is [C-]#[N+]c1c(N)nc(Nc2ccccc2)c(NNc2cccc3c(=O)c4c(=O)ccc(=O)c=4c(=O)c23)c1C.[C-]#[N+]c1c(NCC(C)C)nc(NC)c(N=Nc2c(Cl)cc(Cl)c3c2C(=O)c2cccc(O)c2C3=O)c1C.[C-]#[N+]c1c(NCCCC)nc(NC)c(N=Nc2c(Cl)cc(Cl)c3c2C(=O)c2cccc(O)c2C3=O)c1C. The number of hydrogen-bond donors (Lipinski definition) is 10. The highest BCUT2D eigenvalue weighted by Gasteiger charge is 2.39. The van der Waals surface area contributed by atoms with Gasteiger partial charge in [-0.3, -0.25) is 43.8 Å². The van der Waals surface area contributed by atoms with Crippen LogP contribution in [0.4, 0.5) is 91.8 Å². The molecule has 4 aliphatic rings. The molecule has 0 unspecified atom stereocenters. The van der Waals surface area contributed by atoms with Crippen LogP contribution in [0.3, 0.4) is 0 Å². The number of ketones is 4. The average molecular weight is 1570 g/mol. The zero-order valence-electron chi connectivity index (χ0n) is 60.0. The molecule has 32 heteroatoms. The second-order valence-electron chi connectivity index (χ2n) is 25.3. The fourth-order valence-electron chi connectivity index (χ4n) is 12.4. The number of carbonyl (C=O) groups is 4. The number of aromatic nitrogens is 3. The zero-order valence-corrected chi connectivity index (χ0v) is 63.0. The summed E-state index contributed by atoms with van der Waals surface area (Å²) in [5.41, 5.74) is 12.4. The van der Waals surface area contributed by atoms with E-state index in [1.54, 1.807) is 47.0 Å². The number of phenolic OH excluding ortho intramolecular Hbond substituents is 2. The molecule has 6 aromatic carbocycles. The molecule has 0 saturated heterocycles. The van der Waals surface area contributed by atoms with Crippen molar-refractivity contribution in [2.75, 3.05) is 70.4 Å². The van der Waals surface area contributed by atoms with Crippen LogP contribution in [0.25, 0.3) is 25.3 Å². The Morgan fingerprint density at radius 2 is 0.982 bits per heavy atom. The number of phenols is 2. The van der Waals surface area contributed by atoms with Gasteiger partial charge in [0.05, 0.1) is 100 Å². The van der Waals surface area contributed by atoms with Crippen LogP contribution in [0, 0.1) is 56.8 Å². The molecule has 4 aliphatic carbocycles. The number of hydrazine groups is 1. The van der Waals surface area contributed by atoms with Crippen molar-refractivity contribution in [1.29, 1.82) is 0 Å². The molecule has 3 aromatic heterocycles. The van der Waals surface area contributed by atoms with Gasteiger partial charge in [0.25, 0.3) is 0 Å². The predicted molar refractivity (Wildman–Crippen MR) is 431 cm³/mol. The third-order valence-electron chi connectivity index (χ3n) is 17.8. The lowest BCUT2D eigenvalue weighted by Crippen LogP contribution is -2.28. The Morgan fingerprint density at radius 3 is 1.46 bits per heavy atom. The Bertz CT molecular complexity index is 6290. The first-order chi connectivity index (χ1) is 53.2. The van der Waals surface area contributed by atoms with Gasteiger partial charge in [0.15, 0.2) is 56.9 Å². The third kappa shape index (κ3) is 14.9. The molecule has 556 valence electrons. The van der Waals surface area contributed by atoms with E-state index in [0.29, 0.717) is 76.2 Å². The lowest BCUT2D eigenvalue weighted by molar-refractivity contribution is 0.0977. The number of nitrogen functional groups attached to an aromatic ring is 1. The number of rotatable bonds is 18. The lowest BCUT2D eigenvalue weighted by Gasteiger charge is -2.21. The van der Waals surface area contributed by atoms with Gasteiger partial charge < -0.3 is 48.0 Å². The van der Waals surface area contributed by atoms with Gasteiger partial charge in [0.1, 0.15) is 51.7 Å². The van der Waals surface area contributed by atoms with Crippen molar-refractivity contribution in [3.8, 4) is 11.5 Å². The largest absolute Gasteiger partial charge is 0.507 e. The van der Waals surface area contributed by atoms with Crippen LogP contribution >= 0.6 is 46.4 Å². The molecule has 11 N–H and O–H groups in total. The molecule has 0 aliphatic heterocycles. The zero-order chi connectivity index (χ0) is 80.1. The van der Waals surface area contributed by atoms with Gasteiger partial charge in [0, 0.05) is 49.4 Å². The maximum absolute atomic E-state index is 13.4. The van der Waals surface area contributed by atoms with E-state index in [1.807, 2.05) is 44.2 Å². The molecule has 9 aromatic rings. The molecular weight excluding hydrogens is 1500 g/mol. The minimum atomic E-state index is -0.728. The molecule has 0 fully saturated rings. The summed E-state index contributed by atoms with van der Waals surface area (Å²) in [6.45, 7) is 35.4. The monoisotopic (exact) mass is 1560 g/mol. The normalized spacial score (nSPS) is 11.9. The van der Waals surface area contributed by atoms with Gasteiger partial charge in [-0.1, -0.05) is 128 Å². The summed E-state index contributed by atoms with van der Waals surface area (Å²) in [5.74, 6) is -0.755. The average Bonchev–Trinajstić information content (AvgIpc) is 0.748. The van der Waals surface area contributed by atoms with Crippen molar-refractivity contribution in [2.24, 2.45) is 26.4 Å². The molecule has 3 heterocycles. The van der Waals surface area contributed by atoms with Crippen molar-refractivity contribution in [1.82, 2.24) is 15.0 Å². The van der Waals surface area contributed by atoms with E-state index in [4.69, 9.17) is 71.9 Å². The number of pyridine rings is 3. The van der Waals surface area contributed by atoms with Gasteiger partial charge in [-0.25, -0.2) is 29.5 Å². The number of nitrogens with one attached hydrogen (secondary N) is 7.